The smallest absolute Gasteiger partial charge is 0.270 e. The molecule has 2 aromatic heterocycles. The monoisotopic (exact) mass is 376 g/mol. The zero-order valence-corrected chi connectivity index (χ0v) is 15.4. The fourth-order valence-corrected chi connectivity index (χ4v) is 2.48. The molecule has 28 heavy (non-hydrogen) atoms. The Morgan fingerprint density at radius 3 is 2.57 bits per heavy atom. The maximum atomic E-state index is 12.5. The van der Waals surface area contributed by atoms with Gasteiger partial charge in [-0.3, -0.25) is 19.6 Å². The first-order valence-corrected chi connectivity index (χ1v) is 8.83. The van der Waals surface area contributed by atoms with E-state index in [9.17, 15) is 9.59 Å². The molecule has 0 spiro atoms. The molecule has 0 aliphatic rings. The third-order valence-corrected chi connectivity index (χ3v) is 3.85. The zero-order valence-electron chi connectivity index (χ0n) is 15.4. The van der Waals surface area contributed by atoms with Crippen LogP contribution in [0.4, 0.5) is 5.69 Å². The van der Waals surface area contributed by atoms with E-state index in [0.717, 1.165) is 11.3 Å². The van der Waals surface area contributed by atoms with Crippen molar-refractivity contribution in [2.24, 2.45) is 0 Å². The summed E-state index contributed by atoms with van der Waals surface area (Å²) in [6.45, 7) is 2.81. The second kappa shape index (κ2) is 9.27. The van der Waals surface area contributed by atoms with E-state index in [1.807, 2.05) is 13.0 Å². The van der Waals surface area contributed by atoms with Gasteiger partial charge in [0, 0.05) is 36.4 Å². The van der Waals surface area contributed by atoms with Crippen LogP contribution >= 0.6 is 0 Å². The minimum atomic E-state index is -0.362. The molecular weight excluding hydrogens is 356 g/mol. The molecular formula is C21H20N4O3. The summed E-state index contributed by atoms with van der Waals surface area (Å²) in [5.74, 6) is 0.0458. The lowest BCUT2D eigenvalue weighted by Crippen LogP contribution is -2.24. The van der Waals surface area contributed by atoms with Crippen molar-refractivity contribution >= 4 is 17.5 Å². The lowest BCUT2D eigenvalue weighted by molar-refractivity contribution is 0.0946. The van der Waals surface area contributed by atoms with Gasteiger partial charge in [-0.05, 0) is 55.0 Å². The van der Waals surface area contributed by atoms with Crippen LogP contribution in [-0.2, 0) is 6.54 Å². The highest BCUT2D eigenvalue weighted by Gasteiger charge is 2.12. The van der Waals surface area contributed by atoms with Crippen molar-refractivity contribution in [1.29, 1.82) is 0 Å². The SMILES string of the molecule is CCOc1ccc(NC(=O)c2ccnc(C(=O)NCc3cccnc3)c2)cc1. The molecule has 0 fully saturated rings. The van der Waals surface area contributed by atoms with E-state index in [2.05, 4.69) is 20.6 Å². The fraction of sp³-hybridized carbons (Fsp3) is 0.143. The van der Waals surface area contributed by atoms with Crippen LogP contribution in [0.5, 0.6) is 5.75 Å². The van der Waals surface area contributed by atoms with Crippen molar-refractivity contribution in [2.45, 2.75) is 13.5 Å². The van der Waals surface area contributed by atoms with Crippen LogP contribution in [-0.4, -0.2) is 28.4 Å². The Kier molecular flexibility index (Phi) is 6.30. The first kappa shape index (κ1) is 19.0. The second-order valence-electron chi connectivity index (χ2n) is 5.89. The summed E-state index contributed by atoms with van der Waals surface area (Å²) in [5.41, 5.74) is 2.02. The number of hydrogen-bond donors (Lipinski definition) is 2. The van der Waals surface area contributed by atoms with Gasteiger partial charge in [0.15, 0.2) is 0 Å². The van der Waals surface area contributed by atoms with Gasteiger partial charge in [0.05, 0.1) is 6.61 Å². The molecule has 0 unspecified atom stereocenters. The number of nitrogens with zero attached hydrogens (tertiary/aromatic N) is 2. The fourth-order valence-electron chi connectivity index (χ4n) is 2.48. The van der Waals surface area contributed by atoms with E-state index in [1.165, 1.54) is 12.3 Å². The van der Waals surface area contributed by atoms with Gasteiger partial charge in [-0.25, -0.2) is 0 Å². The van der Waals surface area contributed by atoms with Crippen LogP contribution in [0.25, 0.3) is 0 Å². The van der Waals surface area contributed by atoms with Gasteiger partial charge in [0.25, 0.3) is 11.8 Å². The van der Waals surface area contributed by atoms with E-state index >= 15 is 0 Å². The zero-order chi connectivity index (χ0) is 19.8. The lowest BCUT2D eigenvalue weighted by Gasteiger charge is -2.08. The largest absolute Gasteiger partial charge is 0.494 e. The maximum Gasteiger partial charge on any atom is 0.270 e. The predicted octanol–water partition coefficient (Wildman–Crippen LogP) is 3.06. The number of carbonyl (C=O) groups is 2. The molecule has 0 atom stereocenters. The lowest BCUT2D eigenvalue weighted by atomic mass is 10.2. The Bertz CT molecular complexity index is 943. The Morgan fingerprint density at radius 1 is 1.04 bits per heavy atom. The highest BCUT2D eigenvalue weighted by atomic mass is 16.5. The van der Waals surface area contributed by atoms with Gasteiger partial charge in [0.1, 0.15) is 11.4 Å². The summed E-state index contributed by atoms with van der Waals surface area (Å²) >= 11 is 0. The number of rotatable bonds is 7. The van der Waals surface area contributed by atoms with Crippen molar-refractivity contribution in [1.82, 2.24) is 15.3 Å². The number of aromatic nitrogens is 2. The van der Waals surface area contributed by atoms with E-state index in [0.29, 0.717) is 24.4 Å². The molecule has 0 radical (unpaired) electrons. The van der Waals surface area contributed by atoms with Gasteiger partial charge in [-0.15, -0.1) is 0 Å². The molecule has 0 aliphatic heterocycles. The third kappa shape index (κ3) is 5.14. The maximum absolute atomic E-state index is 12.5. The molecule has 3 aromatic rings. The van der Waals surface area contributed by atoms with Gasteiger partial charge < -0.3 is 15.4 Å². The van der Waals surface area contributed by atoms with Crippen molar-refractivity contribution in [3.05, 3.63) is 83.9 Å². The standard InChI is InChI=1S/C21H20N4O3/c1-2-28-18-7-5-17(6-8-18)25-20(26)16-9-11-23-19(12-16)21(27)24-14-15-4-3-10-22-13-15/h3-13H,2,14H2,1H3,(H,24,27)(H,25,26). The van der Waals surface area contributed by atoms with Crippen LogP contribution in [0.3, 0.4) is 0 Å². The molecule has 0 saturated carbocycles. The van der Waals surface area contributed by atoms with E-state index in [-0.39, 0.29) is 17.5 Å². The average molecular weight is 376 g/mol. The van der Waals surface area contributed by atoms with Gasteiger partial charge >= 0.3 is 0 Å². The summed E-state index contributed by atoms with van der Waals surface area (Å²) in [7, 11) is 0. The number of carbonyl (C=O) groups excluding carboxylic acids is 2. The van der Waals surface area contributed by atoms with Crippen LogP contribution in [0.2, 0.25) is 0 Å². The summed E-state index contributed by atoms with van der Waals surface area (Å²) in [5, 5.41) is 5.55. The Labute approximate surface area is 162 Å². The number of hydrogen-bond acceptors (Lipinski definition) is 5. The number of pyridine rings is 2. The number of amides is 2. The van der Waals surface area contributed by atoms with Crippen molar-refractivity contribution in [3.63, 3.8) is 0 Å². The van der Waals surface area contributed by atoms with Gasteiger partial charge in [-0.2, -0.15) is 0 Å². The number of benzene rings is 1. The summed E-state index contributed by atoms with van der Waals surface area (Å²) in [6, 6.07) is 13.8. The topological polar surface area (TPSA) is 93.2 Å². The van der Waals surface area contributed by atoms with Crippen molar-refractivity contribution in [3.8, 4) is 5.75 Å². The molecule has 1 aromatic carbocycles. The van der Waals surface area contributed by atoms with Crippen LogP contribution in [0.15, 0.2) is 67.1 Å². The minimum Gasteiger partial charge on any atom is -0.494 e. The van der Waals surface area contributed by atoms with Gasteiger partial charge in [0.2, 0.25) is 0 Å². The molecule has 7 heteroatoms. The number of ether oxygens (including phenoxy) is 1. The van der Waals surface area contributed by atoms with E-state index in [1.54, 1.807) is 48.8 Å². The summed E-state index contributed by atoms with van der Waals surface area (Å²) < 4.78 is 5.38. The molecule has 2 N–H and O–H groups in total. The molecule has 7 nitrogen and oxygen atoms in total. The molecule has 0 saturated heterocycles. The predicted molar refractivity (Wildman–Crippen MR) is 105 cm³/mol. The minimum absolute atomic E-state index is 0.170. The summed E-state index contributed by atoms with van der Waals surface area (Å²) in [4.78, 5) is 32.8. The number of nitrogens with one attached hydrogen (secondary N) is 2. The van der Waals surface area contributed by atoms with E-state index < -0.39 is 0 Å². The molecule has 0 bridgehead atoms. The Balaban J connectivity index is 1.63. The Hall–Kier alpha value is -3.74. The third-order valence-electron chi connectivity index (χ3n) is 3.85. The Morgan fingerprint density at radius 2 is 1.86 bits per heavy atom. The first-order valence-electron chi connectivity index (χ1n) is 8.83. The van der Waals surface area contributed by atoms with E-state index in [4.69, 9.17) is 4.74 Å². The molecule has 2 heterocycles. The van der Waals surface area contributed by atoms with Crippen molar-refractivity contribution < 1.29 is 14.3 Å². The first-order chi connectivity index (χ1) is 13.7. The quantitative estimate of drug-likeness (QED) is 0.661. The normalized spacial score (nSPS) is 10.2. The molecule has 142 valence electrons. The van der Waals surface area contributed by atoms with Crippen LogP contribution in [0.1, 0.15) is 33.3 Å². The second-order valence-corrected chi connectivity index (χ2v) is 5.89. The highest BCUT2D eigenvalue weighted by Crippen LogP contribution is 2.16. The highest BCUT2D eigenvalue weighted by molar-refractivity contribution is 6.05. The summed E-state index contributed by atoms with van der Waals surface area (Å²) in [6.07, 6.45) is 4.78. The van der Waals surface area contributed by atoms with Crippen molar-refractivity contribution in [2.75, 3.05) is 11.9 Å². The van der Waals surface area contributed by atoms with Crippen LogP contribution in [0, 0.1) is 0 Å². The van der Waals surface area contributed by atoms with Gasteiger partial charge in [-0.1, -0.05) is 6.07 Å². The number of anilines is 1. The molecule has 3 rings (SSSR count). The average Bonchev–Trinajstić information content (AvgIpc) is 2.74. The molecule has 2 amide bonds. The molecule has 0 aliphatic carbocycles. The van der Waals surface area contributed by atoms with Crippen LogP contribution < -0.4 is 15.4 Å².